The Bertz CT molecular complexity index is 1010. The second-order valence-corrected chi connectivity index (χ2v) is 8.73. The van der Waals surface area contributed by atoms with E-state index in [4.69, 9.17) is 16.6 Å². The number of nitrogens with one attached hydrogen (secondary N) is 1. The molecule has 4 rings (SSSR count). The largest absolute Gasteiger partial charge is 0.356 e. The van der Waals surface area contributed by atoms with Gasteiger partial charge in [-0.1, -0.05) is 35.5 Å². The summed E-state index contributed by atoms with van der Waals surface area (Å²) in [6, 6.07) is 13.2. The minimum atomic E-state index is -0.0969. The Balaban J connectivity index is 1.33. The molecule has 3 aromatic rings. The quantitative estimate of drug-likeness (QED) is 0.316. The third-order valence-corrected chi connectivity index (χ3v) is 6.24. The highest BCUT2D eigenvalue weighted by Crippen LogP contribution is 2.26. The molecule has 160 valence electrons. The summed E-state index contributed by atoms with van der Waals surface area (Å²) in [6.45, 7) is 2.51. The van der Waals surface area contributed by atoms with Crippen molar-refractivity contribution >= 4 is 35.1 Å². The van der Waals surface area contributed by atoms with Crippen LogP contribution in [-0.4, -0.2) is 33.9 Å². The Morgan fingerprint density at radius 1 is 1.00 bits per heavy atom. The van der Waals surface area contributed by atoms with Crippen LogP contribution in [0.25, 0.3) is 0 Å². The number of hydrogen-bond acceptors (Lipinski definition) is 6. The monoisotopic (exact) mass is 453 g/mol. The van der Waals surface area contributed by atoms with Crippen molar-refractivity contribution in [3.63, 3.8) is 0 Å². The topological polar surface area (TPSA) is 71.0 Å². The van der Waals surface area contributed by atoms with Gasteiger partial charge in [-0.05, 0) is 54.7 Å². The van der Waals surface area contributed by atoms with Crippen LogP contribution in [0.3, 0.4) is 0 Å². The van der Waals surface area contributed by atoms with Gasteiger partial charge in [-0.3, -0.25) is 9.78 Å². The number of benzene rings is 1. The molecule has 8 heteroatoms. The van der Waals surface area contributed by atoms with Gasteiger partial charge in [-0.15, -0.1) is 0 Å². The van der Waals surface area contributed by atoms with E-state index in [2.05, 4.69) is 20.2 Å². The van der Waals surface area contributed by atoms with Gasteiger partial charge in [0.1, 0.15) is 11.0 Å². The van der Waals surface area contributed by atoms with E-state index < -0.39 is 0 Å². The van der Waals surface area contributed by atoms with Crippen LogP contribution in [0.5, 0.6) is 0 Å². The zero-order chi connectivity index (χ0) is 21.5. The van der Waals surface area contributed by atoms with Crippen molar-refractivity contribution in [1.29, 1.82) is 0 Å². The Morgan fingerprint density at radius 2 is 1.74 bits per heavy atom. The fraction of sp³-hybridized carbons (Fsp3) is 0.304. The second kappa shape index (κ2) is 10.6. The zero-order valence-corrected chi connectivity index (χ0v) is 18.7. The average molecular weight is 454 g/mol. The molecule has 1 fully saturated rings. The number of nitrogens with zero attached hydrogens (tertiary/aromatic N) is 4. The molecular formula is C23H24ClN5OS. The molecule has 1 N–H and O–H groups in total. The number of hydrogen-bond donors (Lipinski definition) is 1. The van der Waals surface area contributed by atoms with Crippen LogP contribution in [0.2, 0.25) is 5.15 Å². The lowest BCUT2D eigenvalue weighted by atomic mass is 10.1. The maximum absolute atomic E-state index is 12.4. The lowest BCUT2D eigenvalue weighted by molar-refractivity contribution is 0.0951. The molecule has 1 amide bonds. The van der Waals surface area contributed by atoms with E-state index in [0.29, 0.717) is 28.2 Å². The predicted molar refractivity (Wildman–Crippen MR) is 125 cm³/mol. The maximum atomic E-state index is 12.4. The molecule has 1 saturated heterocycles. The molecule has 0 saturated carbocycles. The lowest BCUT2D eigenvalue weighted by Crippen LogP contribution is -2.30. The number of aromatic nitrogens is 3. The van der Waals surface area contributed by atoms with Gasteiger partial charge in [0.2, 0.25) is 0 Å². The summed E-state index contributed by atoms with van der Waals surface area (Å²) in [6.07, 6.45) is 7.08. The van der Waals surface area contributed by atoms with Crippen molar-refractivity contribution in [1.82, 2.24) is 20.3 Å². The fourth-order valence-electron chi connectivity index (χ4n) is 3.42. The van der Waals surface area contributed by atoms with E-state index in [1.807, 2.05) is 42.5 Å². The second-order valence-electron chi connectivity index (χ2n) is 7.40. The minimum absolute atomic E-state index is 0.0969. The molecule has 31 heavy (non-hydrogen) atoms. The van der Waals surface area contributed by atoms with Crippen LogP contribution in [0.4, 0.5) is 5.82 Å². The van der Waals surface area contributed by atoms with E-state index in [0.717, 1.165) is 30.0 Å². The highest BCUT2D eigenvalue weighted by molar-refractivity contribution is 7.98. The van der Waals surface area contributed by atoms with Crippen molar-refractivity contribution < 1.29 is 4.79 Å². The van der Waals surface area contributed by atoms with Gasteiger partial charge in [-0.25, -0.2) is 9.97 Å². The average Bonchev–Trinajstić information content (AvgIpc) is 2.82. The molecule has 3 heterocycles. The molecule has 0 radical (unpaired) electrons. The number of carbonyl (C=O) groups is 1. The fourth-order valence-corrected chi connectivity index (χ4v) is 4.46. The number of pyridine rings is 1. The molecule has 6 nitrogen and oxygen atoms in total. The van der Waals surface area contributed by atoms with Crippen LogP contribution in [0, 0.1) is 0 Å². The molecule has 0 unspecified atom stereocenters. The van der Waals surface area contributed by atoms with Gasteiger partial charge in [-0.2, -0.15) is 0 Å². The molecule has 1 aromatic carbocycles. The normalized spacial score (nSPS) is 13.8. The van der Waals surface area contributed by atoms with Crippen molar-refractivity contribution in [3.05, 3.63) is 76.7 Å². The lowest BCUT2D eigenvalue weighted by Gasteiger charge is -2.27. The first kappa shape index (κ1) is 21.6. The van der Waals surface area contributed by atoms with E-state index in [9.17, 15) is 4.79 Å². The van der Waals surface area contributed by atoms with Crippen LogP contribution in [0.1, 0.15) is 40.7 Å². The molecule has 1 aliphatic rings. The van der Waals surface area contributed by atoms with Crippen molar-refractivity contribution in [2.24, 2.45) is 0 Å². The molecule has 0 atom stereocenters. The molecule has 0 aliphatic carbocycles. The maximum Gasteiger partial charge on any atom is 0.251 e. The standard InChI is InChI=1S/C23H24ClN5OS/c24-20-14-21(29-12-2-1-3-13-29)28-23(27-20)31-16-18-4-6-19(7-5-18)22(30)26-15-17-8-10-25-11-9-17/h4-11,14H,1-3,12-13,15-16H2,(H,26,30). The Hall–Kier alpha value is -2.64. The van der Waals surface area contributed by atoms with Crippen molar-refractivity contribution in [3.8, 4) is 0 Å². The van der Waals surface area contributed by atoms with Crippen LogP contribution >= 0.6 is 23.4 Å². The predicted octanol–water partition coefficient (Wildman–Crippen LogP) is 4.74. The number of carbonyl (C=O) groups excluding carboxylic acids is 1. The van der Waals surface area contributed by atoms with Crippen LogP contribution in [0.15, 0.2) is 60.0 Å². The summed E-state index contributed by atoms with van der Waals surface area (Å²) < 4.78 is 0. The summed E-state index contributed by atoms with van der Waals surface area (Å²) in [5.74, 6) is 1.52. The van der Waals surface area contributed by atoms with Gasteiger partial charge in [0, 0.05) is 49.4 Å². The first-order chi connectivity index (χ1) is 15.2. The molecule has 0 bridgehead atoms. The zero-order valence-electron chi connectivity index (χ0n) is 17.1. The van der Waals surface area contributed by atoms with Gasteiger partial charge in [0.25, 0.3) is 5.91 Å². The number of halogens is 1. The number of amides is 1. The summed E-state index contributed by atoms with van der Waals surface area (Å²) in [5, 5.41) is 4.07. The Morgan fingerprint density at radius 3 is 2.48 bits per heavy atom. The third kappa shape index (κ3) is 6.18. The van der Waals surface area contributed by atoms with E-state index in [-0.39, 0.29) is 5.91 Å². The number of piperidine rings is 1. The van der Waals surface area contributed by atoms with Crippen molar-refractivity contribution in [2.75, 3.05) is 18.0 Å². The van der Waals surface area contributed by atoms with E-state index in [1.54, 1.807) is 24.2 Å². The Labute approximate surface area is 191 Å². The van der Waals surface area contributed by atoms with Crippen LogP contribution < -0.4 is 10.2 Å². The summed E-state index contributed by atoms with van der Waals surface area (Å²) >= 11 is 7.79. The van der Waals surface area contributed by atoms with Gasteiger partial charge in [0.05, 0.1) is 0 Å². The first-order valence-corrected chi connectivity index (χ1v) is 11.7. The van der Waals surface area contributed by atoms with Gasteiger partial charge >= 0.3 is 0 Å². The smallest absolute Gasteiger partial charge is 0.251 e. The summed E-state index contributed by atoms with van der Waals surface area (Å²) in [7, 11) is 0. The number of anilines is 1. The highest BCUT2D eigenvalue weighted by atomic mass is 35.5. The minimum Gasteiger partial charge on any atom is -0.356 e. The van der Waals surface area contributed by atoms with Crippen LogP contribution in [-0.2, 0) is 12.3 Å². The molecule has 2 aromatic heterocycles. The summed E-state index contributed by atoms with van der Waals surface area (Å²) in [5.41, 5.74) is 2.75. The van der Waals surface area contributed by atoms with Gasteiger partial charge in [0.15, 0.2) is 5.16 Å². The highest BCUT2D eigenvalue weighted by Gasteiger charge is 2.14. The van der Waals surface area contributed by atoms with E-state index >= 15 is 0 Å². The summed E-state index contributed by atoms with van der Waals surface area (Å²) in [4.78, 5) is 27.7. The third-order valence-electron chi connectivity index (χ3n) is 5.13. The molecular weight excluding hydrogens is 430 g/mol. The SMILES string of the molecule is O=C(NCc1ccncc1)c1ccc(CSc2nc(Cl)cc(N3CCCCC3)n2)cc1. The first-order valence-electron chi connectivity index (χ1n) is 10.4. The van der Waals surface area contributed by atoms with Gasteiger partial charge < -0.3 is 10.2 Å². The number of rotatable bonds is 7. The van der Waals surface area contributed by atoms with E-state index in [1.165, 1.54) is 19.3 Å². The Kier molecular flexibility index (Phi) is 7.38. The molecule has 1 aliphatic heterocycles. The van der Waals surface area contributed by atoms with Crippen molar-refractivity contribution in [2.45, 2.75) is 36.7 Å². The number of thioether (sulfide) groups is 1. The molecule has 0 spiro atoms.